The minimum Gasteiger partial charge on any atom is -0.351 e. The van der Waals surface area contributed by atoms with Crippen molar-refractivity contribution in [1.82, 2.24) is 14.3 Å². The second-order valence-electron chi connectivity index (χ2n) is 5.03. The van der Waals surface area contributed by atoms with Crippen molar-refractivity contribution in [2.45, 2.75) is 18.5 Å². The van der Waals surface area contributed by atoms with Gasteiger partial charge in [0, 0.05) is 19.6 Å². The normalized spacial score (nSPS) is 24.6. The predicted octanol–water partition coefficient (Wildman–Crippen LogP) is 0.707. The van der Waals surface area contributed by atoms with Gasteiger partial charge in [0.25, 0.3) is 10.2 Å². The molecule has 1 aromatic rings. The summed E-state index contributed by atoms with van der Waals surface area (Å²) in [5.74, 6) is -0.792. The Bertz CT molecular complexity index is 660. The highest BCUT2D eigenvalue weighted by Crippen LogP contribution is 2.27. The summed E-state index contributed by atoms with van der Waals surface area (Å²) in [4.78, 5) is 12.1. The van der Waals surface area contributed by atoms with E-state index in [4.69, 9.17) is 0 Å². The molecular formula is C14H18FN3O3S. The summed E-state index contributed by atoms with van der Waals surface area (Å²) < 4.78 is 40.8. The molecule has 1 amide bonds. The number of nitrogens with zero attached hydrogens (tertiary/aromatic N) is 1. The Labute approximate surface area is 129 Å². The minimum absolute atomic E-state index is 0.254. The van der Waals surface area contributed by atoms with Crippen molar-refractivity contribution in [3.8, 4) is 0 Å². The van der Waals surface area contributed by atoms with Crippen molar-refractivity contribution < 1.29 is 17.6 Å². The van der Waals surface area contributed by atoms with E-state index in [2.05, 4.69) is 16.6 Å². The van der Waals surface area contributed by atoms with E-state index in [-0.39, 0.29) is 18.9 Å². The molecule has 0 aromatic heterocycles. The first-order valence-corrected chi connectivity index (χ1v) is 8.18. The Kier molecular flexibility index (Phi) is 4.94. The van der Waals surface area contributed by atoms with E-state index >= 15 is 0 Å². The number of carbonyl (C=O) groups is 1. The number of rotatable bonds is 4. The maximum atomic E-state index is 13.0. The number of carbonyl (C=O) groups excluding carboxylic acids is 1. The lowest BCUT2D eigenvalue weighted by molar-refractivity contribution is -0.125. The van der Waals surface area contributed by atoms with E-state index in [0.29, 0.717) is 5.56 Å². The summed E-state index contributed by atoms with van der Waals surface area (Å²) in [5.41, 5.74) is 0.611. The van der Waals surface area contributed by atoms with E-state index < -0.39 is 28.1 Å². The molecule has 0 radical (unpaired) electrons. The number of nitrogens with one attached hydrogen (secondary N) is 2. The van der Waals surface area contributed by atoms with E-state index in [1.165, 1.54) is 37.4 Å². The number of halogens is 1. The molecule has 0 aliphatic carbocycles. The van der Waals surface area contributed by atoms with Gasteiger partial charge in [-0.2, -0.15) is 17.4 Å². The lowest BCUT2D eigenvalue weighted by Gasteiger charge is -2.36. The van der Waals surface area contributed by atoms with Gasteiger partial charge in [0.05, 0.1) is 0 Å². The van der Waals surface area contributed by atoms with Crippen LogP contribution in [0.1, 0.15) is 18.0 Å². The molecule has 2 rings (SSSR count). The molecular weight excluding hydrogens is 309 g/mol. The number of hydrogen-bond donors (Lipinski definition) is 2. The topological polar surface area (TPSA) is 78.5 Å². The van der Waals surface area contributed by atoms with Crippen LogP contribution in [0.15, 0.2) is 36.9 Å². The first kappa shape index (κ1) is 16.6. The smallest absolute Gasteiger partial charge is 0.280 e. The van der Waals surface area contributed by atoms with Gasteiger partial charge in [-0.1, -0.05) is 18.2 Å². The molecule has 8 heteroatoms. The molecule has 0 saturated carbocycles. The zero-order valence-electron chi connectivity index (χ0n) is 12.1. The van der Waals surface area contributed by atoms with Crippen LogP contribution in [-0.2, 0) is 15.0 Å². The van der Waals surface area contributed by atoms with Crippen LogP contribution < -0.4 is 10.0 Å². The molecule has 1 aliphatic rings. The van der Waals surface area contributed by atoms with Gasteiger partial charge in [-0.05, 0) is 24.1 Å². The zero-order chi connectivity index (χ0) is 16.3. The van der Waals surface area contributed by atoms with Crippen LogP contribution in [0.5, 0.6) is 0 Å². The van der Waals surface area contributed by atoms with Crippen molar-refractivity contribution >= 4 is 16.1 Å². The maximum Gasteiger partial charge on any atom is 0.280 e. The van der Waals surface area contributed by atoms with Gasteiger partial charge in [-0.3, -0.25) is 4.79 Å². The average Bonchev–Trinajstić information content (AvgIpc) is 2.48. The van der Waals surface area contributed by atoms with Gasteiger partial charge in [0.2, 0.25) is 5.91 Å². The standard InChI is InChI=1S/C14H18FN3O3S/c1-3-8-16-14(19)13-9-12(17-22(20,21)18(13)2)10-4-6-11(15)7-5-10/h3-7,12-13,17H,1,8-9H2,2H3,(H,16,19)/t12-,13+/m0/s1. The second-order valence-corrected chi connectivity index (χ2v) is 6.79. The molecule has 1 fully saturated rings. The van der Waals surface area contributed by atoms with Gasteiger partial charge >= 0.3 is 0 Å². The molecule has 2 N–H and O–H groups in total. The number of likely N-dealkylation sites (N-methyl/N-ethyl adjacent to an activating group) is 1. The highest BCUT2D eigenvalue weighted by molar-refractivity contribution is 7.87. The number of amides is 1. The van der Waals surface area contributed by atoms with Crippen LogP contribution in [0.3, 0.4) is 0 Å². The monoisotopic (exact) mass is 327 g/mol. The molecule has 1 aliphatic heterocycles. The molecule has 1 saturated heterocycles. The van der Waals surface area contributed by atoms with Crippen LogP contribution in [-0.4, -0.2) is 38.3 Å². The van der Waals surface area contributed by atoms with Crippen LogP contribution in [0.25, 0.3) is 0 Å². The van der Waals surface area contributed by atoms with E-state index in [1.54, 1.807) is 0 Å². The molecule has 1 aromatic carbocycles. The Hall–Kier alpha value is -1.77. The van der Waals surface area contributed by atoms with Crippen LogP contribution in [0.2, 0.25) is 0 Å². The summed E-state index contributed by atoms with van der Waals surface area (Å²) >= 11 is 0. The van der Waals surface area contributed by atoms with Crippen molar-refractivity contribution in [3.05, 3.63) is 48.3 Å². The first-order valence-electron chi connectivity index (χ1n) is 6.74. The van der Waals surface area contributed by atoms with Crippen LogP contribution in [0.4, 0.5) is 4.39 Å². The Balaban J connectivity index is 2.25. The highest BCUT2D eigenvalue weighted by atomic mass is 32.2. The SMILES string of the molecule is C=CCNC(=O)[C@H]1C[C@@H](c2ccc(F)cc2)NS(=O)(=O)N1C. The first-order chi connectivity index (χ1) is 10.3. The van der Waals surface area contributed by atoms with Crippen LogP contribution in [0, 0.1) is 5.82 Å². The Morgan fingerprint density at radius 1 is 1.50 bits per heavy atom. The third-order valence-corrected chi connectivity index (χ3v) is 5.16. The molecule has 0 bridgehead atoms. The fourth-order valence-corrected chi connectivity index (χ4v) is 3.59. The predicted molar refractivity (Wildman–Crippen MR) is 80.6 cm³/mol. The van der Waals surface area contributed by atoms with Crippen molar-refractivity contribution in [3.63, 3.8) is 0 Å². The lowest BCUT2D eigenvalue weighted by atomic mass is 9.99. The molecule has 0 spiro atoms. The summed E-state index contributed by atoms with van der Waals surface area (Å²) in [7, 11) is -2.44. The quantitative estimate of drug-likeness (QED) is 0.800. The summed E-state index contributed by atoms with van der Waals surface area (Å²) in [6, 6.07) is 4.12. The van der Waals surface area contributed by atoms with Gasteiger partial charge in [-0.15, -0.1) is 6.58 Å². The largest absolute Gasteiger partial charge is 0.351 e. The molecule has 2 atom stereocenters. The van der Waals surface area contributed by atoms with Crippen molar-refractivity contribution in [2.24, 2.45) is 0 Å². The number of benzene rings is 1. The molecule has 1 heterocycles. The fourth-order valence-electron chi connectivity index (χ4n) is 2.31. The Morgan fingerprint density at radius 2 is 2.14 bits per heavy atom. The van der Waals surface area contributed by atoms with E-state index in [1.807, 2.05) is 0 Å². The zero-order valence-corrected chi connectivity index (χ0v) is 12.9. The molecule has 6 nitrogen and oxygen atoms in total. The van der Waals surface area contributed by atoms with Gasteiger partial charge in [-0.25, -0.2) is 4.39 Å². The number of hydrogen-bond acceptors (Lipinski definition) is 3. The molecule has 22 heavy (non-hydrogen) atoms. The summed E-state index contributed by atoms with van der Waals surface area (Å²) in [6.07, 6.45) is 1.77. The molecule has 0 unspecified atom stereocenters. The van der Waals surface area contributed by atoms with Crippen molar-refractivity contribution in [1.29, 1.82) is 0 Å². The van der Waals surface area contributed by atoms with Gasteiger partial charge in [0.15, 0.2) is 0 Å². The lowest BCUT2D eigenvalue weighted by Crippen LogP contribution is -2.57. The van der Waals surface area contributed by atoms with Crippen molar-refractivity contribution in [2.75, 3.05) is 13.6 Å². The third-order valence-electron chi connectivity index (χ3n) is 3.56. The molecule has 120 valence electrons. The summed E-state index contributed by atoms with van der Waals surface area (Å²) in [5, 5.41) is 2.60. The second kappa shape index (κ2) is 6.55. The van der Waals surface area contributed by atoms with E-state index in [0.717, 1.165) is 4.31 Å². The van der Waals surface area contributed by atoms with E-state index in [9.17, 15) is 17.6 Å². The third kappa shape index (κ3) is 3.52. The highest BCUT2D eigenvalue weighted by Gasteiger charge is 2.40. The Morgan fingerprint density at radius 3 is 2.73 bits per heavy atom. The van der Waals surface area contributed by atoms with Gasteiger partial charge < -0.3 is 5.32 Å². The van der Waals surface area contributed by atoms with Crippen LogP contribution >= 0.6 is 0 Å². The average molecular weight is 327 g/mol. The minimum atomic E-state index is -3.79. The maximum absolute atomic E-state index is 13.0. The summed E-state index contributed by atoms with van der Waals surface area (Å²) in [6.45, 7) is 3.76. The fraction of sp³-hybridized carbons (Fsp3) is 0.357. The van der Waals surface area contributed by atoms with Gasteiger partial charge in [0.1, 0.15) is 11.9 Å².